The van der Waals surface area contributed by atoms with Gasteiger partial charge in [0.1, 0.15) is 11.3 Å². The molecule has 0 unspecified atom stereocenters. The third-order valence-electron chi connectivity index (χ3n) is 4.31. The number of carbonyl (C=O) groups excluding carboxylic acids is 1. The zero-order valence-corrected chi connectivity index (χ0v) is 16.6. The second-order valence-corrected chi connectivity index (χ2v) is 7.83. The Kier molecular flexibility index (Phi) is 5.32. The molecule has 142 valence electrons. The first kappa shape index (κ1) is 18.5. The molecule has 0 fully saturated rings. The summed E-state index contributed by atoms with van der Waals surface area (Å²) in [5.74, 6) is 0.583. The summed E-state index contributed by atoms with van der Waals surface area (Å²) < 4.78 is 10.7. The second-order valence-electron chi connectivity index (χ2n) is 6.28. The molecule has 5 nitrogen and oxygen atoms in total. The summed E-state index contributed by atoms with van der Waals surface area (Å²) in [5, 5.41) is 5.07. The molecule has 4 aromatic rings. The van der Waals surface area contributed by atoms with Gasteiger partial charge in [0, 0.05) is 39.5 Å². The average molecular weight is 413 g/mol. The maximum Gasteiger partial charge on any atom is 0.230 e. The van der Waals surface area contributed by atoms with Crippen molar-refractivity contribution in [1.29, 1.82) is 0 Å². The van der Waals surface area contributed by atoms with Crippen LogP contribution in [0.1, 0.15) is 16.0 Å². The van der Waals surface area contributed by atoms with Crippen LogP contribution in [0.25, 0.3) is 11.0 Å². The Morgan fingerprint density at radius 3 is 2.86 bits per heavy atom. The summed E-state index contributed by atoms with van der Waals surface area (Å²) in [6, 6.07) is 13.3. The molecule has 0 spiro atoms. The van der Waals surface area contributed by atoms with Crippen molar-refractivity contribution in [3.05, 3.63) is 76.0 Å². The number of hydrogen-bond donors (Lipinski definition) is 1. The molecule has 0 atom stereocenters. The van der Waals surface area contributed by atoms with Gasteiger partial charge in [-0.25, -0.2) is 4.98 Å². The molecule has 28 heavy (non-hydrogen) atoms. The summed E-state index contributed by atoms with van der Waals surface area (Å²) in [6.45, 7) is 0. The van der Waals surface area contributed by atoms with Gasteiger partial charge in [0.15, 0.2) is 5.13 Å². The van der Waals surface area contributed by atoms with Gasteiger partial charge < -0.3 is 14.5 Å². The maximum atomic E-state index is 12.4. The van der Waals surface area contributed by atoms with Crippen LogP contribution in [0.2, 0.25) is 5.02 Å². The molecule has 0 aliphatic carbocycles. The minimum absolute atomic E-state index is 0.133. The highest BCUT2D eigenvalue weighted by atomic mass is 35.5. The van der Waals surface area contributed by atoms with Crippen LogP contribution in [0.5, 0.6) is 5.75 Å². The zero-order chi connectivity index (χ0) is 19.5. The number of carbonyl (C=O) groups is 1. The fraction of sp³-hybridized carbons (Fsp3) is 0.143. The van der Waals surface area contributed by atoms with Crippen molar-refractivity contribution < 1.29 is 13.9 Å². The number of aromatic nitrogens is 1. The van der Waals surface area contributed by atoms with Crippen LogP contribution in [0.4, 0.5) is 5.13 Å². The Morgan fingerprint density at radius 2 is 2.07 bits per heavy atom. The number of thiazole rings is 1. The van der Waals surface area contributed by atoms with E-state index in [0.29, 0.717) is 21.5 Å². The second kappa shape index (κ2) is 8.04. The lowest BCUT2D eigenvalue weighted by Gasteiger charge is -2.01. The molecule has 0 saturated carbocycles. The van der Waals surface area contributed by atoms with Gasteiger partial charge in [0.05, 0.1) is 19.8 Å². The topological polar surface area (TPSA) is 64.4 Å². The van der Waals surface area contributed by atoms with Gasteiger partial charge in [0.2, 0.25) is 5.91 Å². The van der Waals surface area contributed by atoms with E-state index in [9.17, 15) is 4.79 Å². The van der Waals surface area contributed by atoms with Crippen LogP contribution in [0, 0.1) is 0 Å². The molecule has 1 amide bonds. The molecule has 7 heteroatoms. The Balaban J connectivity index is 1.40. The standard InChI is InChI=1S/C21H17ClN2O3S/c1-26-16-6-7-18-14(12-27-19(18)10-16)9-20(25)24-21-23-11-17(28-21)8-13-2-4-15(22)5-3-13/h2-7,10-12H,8-9H2,1H3,(H,23,24,25). The third kappa shape index (κ3) is 4.18. The number of fused-ring (bicyclic) bond motifs is 1. The lowest BCUT2D eigenvalue weighted by atomic mass is 10.1. The van der Waals surface area contributed by atoms with Crippen LogP contribution < -0.4 is 10.1 Å². The highest BCUT2D eigenvalue weighted by molar-refractivity contribution is 7.15. The summed E-state index contributed by atoms with van der Waals surface area (Å²) >= 11 is 7.38. The quantitative estimate of drug-likeness (QED) is 0.465. The number of nitrogens with zero attached hydrogens (tertiary/aromatic N) is 1. The Hall–Kier alpha value is -2.83. The number of amides is 1. The molecular weight excluding hydrogens is 396 g/mol. The first-order valence-electron chi connectivity index (χ1n) is 8.64. The number of hydrogen-bond acceptors (Lipinski definition) is 5. The highest BCUT2D eigenvalue weighted by Crippen LogP contribution is 2.27. The summed E-state index contributed by atoms with van der Waals surface area (Å²) in [6.07, 6.45) is 4.36. The van der Waals surface area contributed by atoms with Crippen molar-refractivity contribution in [3.8, 4) is 5.75 Å². The maximum absolute atomic E-state index is 12.4. The smallest absolute Gasteiger partial charge is 0.230 e. The van der Waals surface area contributed by atoms with E-state index in [-0.39, 0.29) is 12.3 Å². The fourth-order valence-corrected chi connectivity index (χ4v) is 3.90. The predicted octanol–water partition coefficient (Wildman–Crippen LogP) is 5.32. The number of ether oxygens (including phenoxy) is 1. The van der Waals surface area contributed by atoms with Crippen molar-refractivity contribution in [2.24, 2.45) is 0 Å². The number of anilines is 1. The minimum atomic E-state index is -0.133. The van der Waals surface area contributed by atoms with Crippen LogP contribution in [-0.4, -0.2) is 18.0 Å². The van der Waals surface area contributed by atoms with Crippen molar-refractivity contribution in [2.75, 3.05) is 12.4 Å². The summed E-state index contributed by atoms with van der Waals surface area (Å²) in [5.41, 5.74) is 2.67. The molecule has 1 N–H and O–H groups in total. The van der Waals surface area contributed by atoms with E-state index < -0.39 is 0 Å². The van der Waals surface area contributed by atoms with E-state index in [1.165, 1.54) is 11.3 Å². The normalized spacial score (nSPS) is 10.9. The SMILES string of the molecule is COc1ccc2c(CC(=O)Nc3ncc(Cc4ccc(Cl)cc4)s3)coc2c1. The molecule has 2 heterocycles. The largest absolute Gasteiger partial charge is 0.497 e. The Labute approximate surface area is 170 Å². The number of halogens is 1. The number of furan rings is 1. The van der Waals surface area contributed by atoms with E-state index in [2.05, 4.69) is 10.3 Å². The zero-order valence-electron chi connectivity index (χ0n) is 15.1. The molecule has 0 aliphatic rings. The van der Waals surface area contributed by atoms with Gasteiger partial charge in [-0.15, -0.1) is 11.3 Å². The Morgan fingerprint density at radius 1 is 1.25 bits per heavy atom. The highest BCUT2D eigenvalue weighted by Gasteiger charge is 2.13. The van der Waals surface area contributed by atoms with E-state index in [1.807, 2.05) is 36.4 Å². The number of methoxy groups -OCH3 is 1. The van der Waals surface area contributed by atoms with Crippen LogP contribution in [-0.2, 0) is 17.6 Å². The first-order valence-corrected chi connectivity index (χ1v) is 9.83. The molecule has 0 bridgehead atoms. The van der Waals surface area contributed by atoms with Crippen LogP contribution in [0.3, 0.4) is 0 Å². The average Bonchev–Trinajstić information content (AvgIpc) is 3.30. The lowest BCUT2D eigenvalue weighted by molar-refractivity contribution is -0.115. The molecule has 4 rings (SSSR count). The minimum Gasteiger partial charge on any atom is -0.497 e. The van der Waals surface area contributed by atoms with E-state index >= 15 is 0 Å². The van der Waals surface area contributed by atoms with Crippen LogP contribution >= 0.6 is 22.9 Å². The van der Waals surface area contributed by atoms with E-state index in [0.717, 1.165) is 27.8 Å². The fourth-order valence-electron chi connectivity index (χ4n) is 2.91. The predicted molar refractivity (Wildman–Crippen MR) is 111 cm³/mol. The summed E-state index contributed by atoms with van der Waals surface area (Å²) in [7, 11) is 1.60. The number of nitrogens with one attached hydrogen (secondary N) is 1. The monoisotopic (exact) mass is 412 g/mol. The van der Waals surface area contributed by atoms with Gasteiger partial charge in [-0.2, -0.15) is 0 Å². The molecular formula is C21H17ClN2O3S. The van der Waals surface area contributed by atoms with Gasteiger partial charge in [-0.05, 0) is 29.8 Å². The summed E-state index contributed by atoms with van der Waals surface area (Å²) in [4.78, 5) is 17.8. The lowest BCUT2D eigenvalue weighted by Crippen LogP contribution is -2.13. The van der Waals surface area contributed by atoms with Crippen molar-refractivity contribution in [3.63, 3.8) is 0 Å². The number of rotatable bonds is 6. The van der Waals surface area contributed by atoms with E-state index in [1.54, 1.807) is 25.6 Å². The molecule has 2 aromatic carbocycles. The Bertz CT molecular complexity index is 1120. The first-order chi connectivity index (χ1) is 13.6. The van der Waals surface area contributed by atoms with Crippen LogP contribution in [0.15, 0.2) is 59.3 Å². The van der Waals surface area contributed by atoms with E-state index in [4.69, 9.17) is 20.8 Å². The molecule has 2 aromatic heterocycles. The van der Waals surface area contributed by atoms with Gasteiger partial charge in [-0.1, -0.05) is 23.7 Å². The van der Waals surface area contributed by atoms with Crippen molar-refractivity contribution in [2.45, 2.75) is 12.8 Å². The van der Waals surface area contributed by atoms with Gasteiger partial charge >= 0.3 is 0 Å². The number of benzene rings is 2. The molecule has 0 aliphatic heterocycles. The van der Waals surface area contributed by atoms with Gasteiger partial charge in [0.25, 0.3) is 0 Å². The van der Waals surface area contributed by atoms with Crippen molar-refractivity contribution in [1.82, 2.24) is 4.98 Å². The third-order valence-corrected chi connectivity index (χ3v) is 5.47. The molecule has 0 radical (unpaired) electrons. The molecule has 0 saturated heterocycles. The van der Waals surface area contributed by atoms with Crippen molar-refractivity contribution >= 4 is 44.9 Å². The van der Waals surface area contributed by atoms with Gasteiger partial charge in [-0.3, -0.25) is 4.79 Å².